The van der Waals surface area contributed by atoms with E-state index in [1.165, 1.54) is 33.9 Å². The summed E-state index contributed by atoms with van der Waals surface area (Å²) in [6, 6.07) is 7.85. The van der Waals surface area contributed by atoms with Crippen molar-refractivity contribution in [3.63, 3.8) is 0 Å². The van der Waals surface area contributed by atoms with Crippen molar-refractivity contribution in [1.82, 2.24) is 9.47 Å². The van der Waals surface area contributed by atoms with Gasteiger partial charge in [-0.05, 0) is 30.5 Å². The molecule has 2 heterocycles. The van der Waals surface area contributed by atoms with Gasteiger partial charge in [0.2, 0.25) is 11.8 Å². The number of carbonyl (C=O) groups is 2. The Morgan fingerprint density at radius 2 is 2.07 bits per heavy atom. The number of amides is 2. The number of nitrogens with two attached hydrogens (primary N) is 1. The minimum atomic E-state index is -0.764. The fourth-order valence-electron chi connectivity index (χ4n) is 3.18. The van der Waals surface area contributed by atoms with Crippen LogP contribution in [0.3, 0.4) is 0 Å². The Morgan fingerprint density at radius 3 is 2.71 bits per heavy atom. The molecule has 28 heavy (non-hydrogen) atoms. The second kappa shape index (κ2) is 8.32. The topological polar surface area (TPSA) is 118 Å². The first-order chi connectivity index (χ1) is 13.4. The number of anilines is 1. The number of carbonyl (C=O) groups excluding carboxylic acids is 2. The second-order valence-electron chi connectivity index (χ2n) is 6.53. The van der Waals surface area contributed by atoms with Crippen LogP contribution in [0, 0.1) is 18.2 Å². The first-order valence-electron chi connectivity index (χ1n) is 8.65. The lowest BCUT2D eigenvalue weighted by molar-refractivity contribution is -0.123. The third-order valence-corrected chi connectivity index (χ3v) is 4.52. The third kappa shape index (κ3) is 4.26. The lowest BCUT2D eigenvalue weighted by Crippen LogP contribution is -2.44. The van der Waals surface area contributed by atoms with Crippen LogP contribution in [-0.4, -0.2) is 52.1 Å². The highest BCUT2D eigenvalue weighted by atomic mass is 19.1. The number of aliphatic hydroxyl groups excluding tert-OH is 1. The number of nitrogens with one attached hydrogen (secondary N) is 1. The standard InChI is InChI=1S/C19H20FN4O4/c20-14-8-13(24-6-2-1-3-18(24)27)4-5-15(14)22-17(26)10-23-9-12(11-25)7-16(23)19(21)28/h1-8,12,16,25H,9-11H2,(H2,21,28)(H,22,26)/t12-,16?/m0/s1. The van der Waals surface area contributed by atoms with Gasteiger partial charge in [-0.25, -0.2) is 4.39 Å². The predicted molar refractivity (Wildman–Crippen MR) is 100 cm³/mol. The van der Waals surface area contributed by atoms with Gasteiger partial charge in [0.1, 0.15) is 5.82 Å². The molecule has 8 nitrogen and oxygen atoms in total. The van der Waals surface area contributed by atoms with Crippen molar-refractivity contribution in [2.45, 2.75) is 6.04 Å². The van der Waals surface area contributed by atoms with Gasteiger partial charge >= 0.3 is 0 Å². The Bertz CT molecular complexity index is 946. The van der Waals surface area contributed by atoms with Crippen LogP contribution in [0.5, 0.6) is 0 Å². The zero-order valence-electron chi connectivity index (χ0n) is 14.9. The van der Waals surface area contributed by atoms with Crippen molar-refractivity contribution < 1.29 is 19.1 Å². The van der Waals surface area contributed by atoms with Crippen LogP contribution in [0.15, 0.2) is 47.4 Å². The van der Waals surface area contributed by atoms with Gasteiger partial charge < -0.3 is 16.2 Å². The number of benzene rings is 1. The molecule has 1 aliphatic rings. The molecule has 3 rings (SSSR count). The number of likely N-dealkylation sites (tertiary alicyclic amines) is 1. The van der Waals surface area contributed by atoms with Gasteiger partial charge in [0, 0.05) is 31.5 Å². The maximum Gasteiger partial charge on any atom is 0.255 e. The van der Waals surface area contributed by atoms with E-state index in [0.29, 0.717) is 12.2 Å². The number of aliphatic hydroxyl groups is 1. The molecule has 147 valence electrons. The molecular weight excluding hydrogens is 367 g/mol. The quantitative estimate of drug-likeness (QED) is 0.640. The van der Waals surface area contributed by atoms with E-state index in [0.717, 1.165) is 6.07 Å². The van der Waals surface area contributed by atoms with Gasteiger partial charge in [0.25, 0.3) is 5.56 Å². The highest BCUT2D eigenvalue weighted by Gasteiger charge is 2.36. The average Bonchev–Trinajstić information content (AvgIpc) is 3.07. The van der Waals surface area contributed by atoms with Crippen LogP contribution in [0.4, 0.5) is 10.1 Å². The molecule has 1 saturated heterocycles. The van der Waals surface area contributed by atoms with Crippen molar-refractivity contribution >= 4 is 17.5 Å². The molecule has 0 saturated carbocycles. The first-order valence-corrected chi connectivity index (χ1v) is 8.65. The zero-order valence-corrected chi connectivity index (χ0v) is 14.9. The Morgan fingerprint density at radius 1 is 1.29 bits per heavy atom. The largest absolute Gasteiger partial charge is 0.396 e. The maximum absolute atomic E-state index is 14.4. The summed E-state index contributed by atoms with van der Waals surface area (Å²) in [5.41, 5.74) is 5.31. The van der Waals surface area contributed by atoms with E-state index in [-0.39, 0.29) is 30.3 Å². The average molecular weight is 387 g/mol. The highest BCUT2D eigenvalue weighted by Crippen LogP contribution is 2.22. The van der Waals surface area contributed by atoms with E-state index >= 15 is 0 Å². The molecule has 0 aliphatic carbocycles. The molecule has 1 aliphatic heterocycles. The maximum atomic E-state index is 14.4. The summed E-state index contributed by atoms with van der Waals surface area (Å²) in [6.07, 6.45) is 3.11. The van der Waals surface area contributed by atoms with Crippen LogP contribution in [0.2, 0.25) is 0 Å². The summed E-state index contributed by atoms with van der Waals surface area (Å²) < 4.78 is 15.7. The Labute approximate surface area is 160 Å². The molecule has 1 unspecified atom stereocenters. The van der Waals surface area contributed by atoms with Crippen molar-refractivity contribution in [2.24, 2.45) is 11.7 Å². The Balaban J connectivity index is 1.70. The monoisotopic (exact) mass is 387 g/mol. The molecule has 1 radical (unpaired) electrons. The Hall–Kier alpha value is -3.04. The van der Waals surface area contributed by atoms with E-state index in [4.69, 9.17) is 5.73 Å². The summed E-state index contributed by atoms with van der Waals surface area (Å²) in [5.74, 6) is -2.10. The minimum absolute atomic E-state index is 0.0461. The van der Waals surface area contributed by atoms with Crippen molar-refractivity contribution in [1.29, 1.82) is 0 Å². The normalized spacial score (nSPS) is 19.5. The van der Waals surface area contributed by atoms with Crippen LogP contribution >= 0.6 is 0 Å². The molecule has 9 heteroatoms. The van der Waals surface area contributed by atoms with Gasteiger partial charge in [0.05, 0.1) is 24.0 Å². The second-order valence-corrected chi connectivity index (χ2v) is 6.53. The van der Waals surface area contributed by atoms with Crippen molar-refractivity contribution in [3.8, 4) is 5.69 Å². The predicted octanol–water partition coefficient (Wildman–Crippen LogP) is -0.103. The SMILES string of the molecule is NC(=O)C1[CH][C@H](CO)CN1CC(=O)Nc1ccc(-n2ccccc2=O)cc1F. The number of pyridine rings is 1. The Kier molecular flexibility index (Phi) is 5.86. The van der Waals surface area contributed by atoms with E-state index < -0.39 is 23.7 Å². The van der Waals surface area contributed by atoms with Gasteiger partial charge in [-0.1, -0.05) is 6.07 Å². The molecule has 1 aromatic heterocycles. The zero-order chi connectivity index (χ0) is 20.3. The molecular formula is C19H20FN4O4. The smallest absolute Gasteiger partial charge is 0.255 e. The molecule has 1 aromatic carbocycles. The minimum Gasteiger partial charge on any atom is -0.396 e. The van der Waals surface area contributed by atoms with Crippen LogP contribution < -0.4 is 16.6 Å². The third-order valence-electron chi connectivity index (χ3n) is 4.52. The highest BCUT2D eigenvalue weighted by molar-refractivity contribution is 5.93. The molecule has 2 aromatic rings. The lowest BCUT2D eigenvalue weighted by Gasteiger charge is -2.21. The number of aromatic nitrogens is 1. The summed E-state index contributed by atoms with van der Waals surface area (Å²) in [6.45, 7) is -0.0351. The van der Waals surface area contributed by atoms with Crippen molar-refractivity contribution in [2.75, 3.05) is 25.0 Å². The van der Waals surface area contributed by atoms with Crippen LogP contribution in [0.1, 0.15) is 0 Å². The number of nitrogens with zero attached hydrogens (tertiary/aromatic N) is 2. The van der Waals surface area contributed by atoms with Crippen molar-refractivity contribution in [3.05, 3.63) is 65.2 Å². The first kappa shape index (κ1) is 19.7. The number of halogens is 1. The molecule has 0 spiro atoms. The van der Waals surface area contributed by atoms with Gasteiger partial charge in [-0.15, -0.1) is 0 Å². The number of rotatable bonds is 6. The number of hydrogen-bond acceptors (Lipinski definition) is 5. The summed E-state index contributed by atoms with van der Waals surface area (Å²) in [7, 11) is 0. The molecule has 4 N–H and O–H groups in total. The fraction of sp³-hybridized carbons (Fsp3) is 0.263. The van der Waals surface area contributed by atoms with Gasteiger partial charge in [-0.2, -0.15) is 0 Å². The van der Waals surface area contributed by atoms with Crippen LogP contribution in [0.25, 0.3) is 5.69 Å². The molecule has 2 atom stereocenters. The fourth-order valence-corrected chi connectivity index (χ4v) is 3.18. The van der Waals surface area contributed by atoms with Gasteiger partial charge in [0.15, 0.2) is 0 Å². The van der Waals surface area contributed by atoms with E-state index in [1.807, 2.05) is 0 Å². The van der Waals surface area contributed by atoms with Gasteiger partial charge in [-0.3, -0.25) is 23.9 Å². The van der Waals surface area contributed by atoms with E-state index in [1.54, 1.807) is 18.6 Å². The summed E-state index contributed by atoms with van der Waals surface area (Å²) >= 11 is 0. The van der Waals surface area contributed by atoms with E-state index in [2.05, 4.69) is 5.32 Å². The number of primary amides is 1. The molecule has 0 bridgehead atoms. The van der Waals surface area contributed by atoms with Crippen LogP contribution in [-0.2, 0) is 9.59 Å². The summed E-state index contributed by atoms with van der Waals surface area (Å²) in [4.78, 5) is 37.2. The van der Waals surface area contributed by atoms with E-state index in [9.17, 15) is 23.9 Å². The number of hydrogen-bond donors (Lipinski definition) is 3. The lowest BCUT2D eigenvalue weighted by atomic mass is 10.1. The molecule has 1 fully saturated rings. The molecule has 2 amide bonds. The summed E-state index contributed by atoms with van der Waals surface area (Å²) in [5, 5.41) is 11.7.